The zero-order valence-corrected chi connectivity index (χ0v) is 18.3. The van der Waals surface area contributed by atoms with Crippen molar-refractivity contribution in [3.05, 3.63) is 89.4 Å². The Morgan fingerprint density at radius 2 is 1.91 bits per heavy atom. The minimum Gasteiger partial charge on any atom is -0.467 e. The number of benzene rings is 2. The Morgan fingerprint density at radius 3 is 2.61 bits per heavy atom. The smallest absolute Gasteiger partial charge is 0.338 e. The fourth-order valence-corrected chi connectivity index (χ4v) is 3.57. The molecule has 1 aliphatic heterocycles. The highest BCUT2D eigenvalue weighted by Gasteiger charge is 2.35. The van der Waals surface area contributed by atoms with Gasteiger partial charge in [0.05, 0.1) is 17.5 Å². The van der Waals surface area contributed by atoms with Crippen LogP contribution in [0.1, 0.15) is 46.6 Å². The molecule has 0 bridgehead atoms. The van der Waals surface area contributed by atoms with E-state index in [2.05, 4.69) is 10.4 Å². The highest BCUT2D eigenvalue weighted by molar-refractivity contribution is 6.03. The summed E-state index contributed by atoms with van der Waals surface area (Å²) in [6, 6.07) is 17.3. The summed E-state index contributed by atoms with van der Waals surface area (Å²) >= 11 is 0. The van der Waals surface area contributed by atoms with E-state index in [1.165, 1.54) is 18.0 Å². The first kappa shape index (κ1) is 22.0. The summed E-state index contributed by atoms with van der Waals surface area (Å²) in [6.07, 6.45) is 2.03. The van der Waals surface area contributed by atoms with Crippen molar-refractivity contribution in [3.8, 4) is 0 Å². The molecule has 1 atom stereocenters. The minimum atomic E-state index is -0.674. The molecule has 0 spiro atoms. The van der Waals surface area contributed by atoms with E-state index in [9.17, 15) is 14.4 Å². The average Bonchev–Trinajstić information content (AvgIpc) is 3.47. The van der Waals surface area contributed by atoms with Crippen molar-refractivity contribution in [2.45, 2.75) is 26.3 Å². The minimum absolute atomic E-state index is 0.224. The van der Waals surface area contributed by atoms with Gasteiger partial charge in [-0.15, -0.1) is 0 Å². The lowest BCUT2D eigenvalue weighted by molar-refractivity contribution is -0.136. The Hall–Kier alpha value is -4.20. The molecule has 33 heavy (non-hydrogen) atoms. The van der Waals surface area contributed by atoms with Crippen LogP contribution in [-0.4, -0.2) is 35.1 Å². The number of carbonyl (C=O) groups is 3. The Kier molecular flexibility index (Phi) is 6.35. The van der Waals surface area contributed by atoms with Crippen LogP contribution in [0.2, 0.25) is 0 Å². The molecule has 1 aromatic heterocycles. The van der Waals surface area contributed by atoms with Gasteiger partial charge < -0.3 is 14.5 Å². The van der Waals surface area contributed by atoms with Crippen molar-refractivity contribution in [1.29, 1.82) is 0 Å². The molecule has 0 fully saturated rings. The lowest BCUT2D eigenvalue weighted by atomic mass is 10.0. The molecule has 8 heteroatoms. The van der Waals surface area contributed by atoms with E-state index in [-0.39, 0.29) is 11.5 Å². The van der Waals surface area contributed by atoms with E-state index in [4.69, 9.17) is 9.15 Å². The number of carbonyl (C=O) groups excluding carboxylic acids is 3. The number of ether oxygens (including phenoxy) is 1. The standard InChI is InChI=1S/C25H23N3O5/c1-16-8-10-18(11-9-16)21-14-22(23-7-4-12-32-23)28(27-21)24(30)15-33-25(31)19-5-3-6-20(13-19)26-17(2)29/h3-13,22H,14-15H2,1-2H3,(H,26,29). The number of hydrazone groups is 1. The molecular weight excluding hydrogens is 422 g/mol. The molecule has 2 amide bonds. The molecule has 1 aliphatic rings. The lowest BCUT2D eigenvalue weighted by Gasteiger charge is -2.19. The highest BCUT2D eigenvalue weighted by atomic mass is 16.5. The first-order valence-electron chi connectivity index (χ1n) is 10.5. The number of amides is 2. The second kappa shape index (κ2) is 9.52. The summed E-state index contributed by atoms with van der Waals surface area (Å²) in [5.74, 6) is -0.795. The molecule has 3 aromatic rings. The van der Waals surface area contributed by atoms with Gasteiger partial charge in [-0.25, -0.2) is 9.80 Å². The Labute approximate surface area is 190 Å². The number of nitrogens with one attached hydrogen (secondary N) is 1. The van der Waals surface area contributed by atoms with E-state index in [1.54, 1.807) is 36.6 Å². The highest BCUT2D eigenvalue weighted by Crippen LogP contribution is 2.33. The van der Waals surface area contributed by atoms with Crippen LogP contribution in [0, 0.1) is 6.92 Å². The van der Waals surface area contributed by atoms with Crippen molar-refractivity contribution in [1.82, 2.24) is 5.01 Å². The summed E-state index contributed by atoms with van der Waals surface area (Å²) in [7, 11) is 0. The van der Waals surface area contributed by atoms with Gasteiger partial charge in [-0.2, -0.15) is 5.10 Å². The van der Waals surface area contributed by atoms with Crippen LogP contribution in [0.5, 0.6) is 0 Å². The van der Waals surface area contributed by atoms with Gasteiger partial charge in [0, 0.05) is 19.0 Å². The summed E-state index contributed by atoms with van der Waals surface area (Å²) in [4.78, 5) is 36.7. The molecule has 4 rings (SSSR count). The average molecular weight is 445 g/mol. The van der Waals surface area contributed by atoms with Crippen LogP contribution in [0.4, 0.5) is 5.69 Å². The predicted molar refractivity (Wildman–Crippen MR) is 122 cm³/mol. The fourth-order valence-electron chi connectivity index (χ4n) is 3.57. The molecule has 168 valence electrons. The first-order valence-corrected chi connectivity index (χ1v) is 10.5. The molecule has 0 radical (unpaired) electrons. The van der Waals surface area contributed by atoms with E-state index in [1.807, 2.05) is 31.2 Å². The Bertz CT molecular complexity index is 1200. The van der Waals surface area contributed by atoms with Gasteiger partial charge >= 0.3 is 5.97 Å². The number of aryl methyl sites for hydroxylation is 1. The summed E-state index contributed by atoms with van der Waals surface area (Å²) in [5, 5.41) is 8.44. The third-order valence-corrected chi connectivity index (χ3v) is 5.17. The van der Waals surface area contributed by atoms with Crippen molar-refractivity contribution >= 4 is 29.2 Å². The second-order valence-electron chi connectivity index (χ2n) is 7.72. The third kappa shape index (κ3) is 5.17. The van der Waals surface area contributed by atoms with E-state index in [0.717, 1.165) is 16.8 Å². The number of esters is 1. The van der Waals surface area contributed by atoms with Crippen molar-refractivity contribution in [2.75, 3.05) is 11.9 Å². The lowest BCUT2D eigenvalue weighted by Crippen LogP contribution is -2.31. The first-order chi connectivity index (χ1) is 15.9. The molecule has 2 aromatic carbocycles. The molecular formula is C25H23N3O5. The normalized spacial score (nSPS) is 15.2. The van der Waals surface area contributed by atoms with Crippen LogP contribution < -0.4 is 5.32 Å². The summed E-state index contributed by atoms with van der Waals surface area (Å²) in [6.45, 7) is 2.90. The molecule has 0 aliphatic carbocycles. The van der Waals surface area contributed by atoms with E-state index >= 15 is 0 Å². The number of nitrogens with zero attached hydrogens (tertiary/aromatic N) is 2. The SMILES string of the molecule is CC(=O)Nc1cccc(C(=O)OCC(=O)N2N=C(c3ccc(C)cc3)CC2c2ccco2)c1. The molecule has 8 nitrogen and oxygen atoms in total. The summed E-state index contributed by atoms with van der Waals surface area (Å²) < 4.78 is 10.8. The zero-order valence-electron chi connectivity index (χ0n) is 18.3. The predicted octanol–water partition coefficient (Wildman–Crippen LogP) is 4.08. The van der Waals surface area contributed by atoms with E-state index in [0.29, 0.717) is 17.9 Å². The van der Waals surface area contributed by atoms with Gasteiger partial charge in [-0.05, 0) is 42.8 Å². The van der Waals surface area contributed by atoms with Crippen LogP contribution >= 0.6 is 0 Å². The van der Waals surface area contributed by atoms with Gasteiger partial charge in [0.15, 0.2) is 6.61 Å². The molecule has 2 heterocycles. The van der Waals surface area contributed by atoms with E-state index < -0.39 is 24.5 Å². The number of rotatable bonds is 6. The maximum absolute atomic E-state index is 13.0. The van der Waals surface area contributed by atoms with Crippen LogP contribution in [-0.2, 0) is 14.3 Å². The van der Waals surface area contributed by atoms with Crippen LogP contribution in [0.3, 0.4) is 0 Å². The summed E-state index contributed by atoms with van der Waals surface area (Å²) in [5.41, 5.74) is 3.48. The van der Waals surface area contributed by atoms with Gasteiger partial charge in [0.2, 0.25) is 5.91 Å². The Morgan fingerprint density at radius 1 is 1.12 bits per heavy atom. The maximum Gasteiger partial charge on any atom is 0.338 e. The number of hydrogen-bond donors (Lipinski definition) is 1. The monoisotopic (exact) mass is 445 g/mol. The van der Waals surface area contributed by atoms with Gasteiger partial charge in [0.1, 0.15) is 11.8 Å². The van der Waals surface area contributed by atoms with Crippen LogP contribution in [0.25, 0.3) is 0 Å². The molecule has 1 N–H and O–H groups in total. The Balaban J connectivity index is 1.48. The van der Waals surface area contributed by atoms with Crippen molar-refractivity contribution in [2.24, 2.45) is 5.10 Å². The molecule has 0 saturated carbocycles. The molecule has 0 saturated heterocycles. The number of hydrogen-bond acceptors (Lipinski definition) is 6. The second-order valence-corrected chi connectivity index (χ2v) is 7.72. The number of furan rings is 1. The van der Waals surface area contributed by atoms with Gasteiger partial charge in [0.25, 0.3) is 5.91 Å². The quantitative estimate of drug-likeness (QED) is 0.576. The zero-order chi connectivity index (χ0) is 23.4. The number of anilines is 1. The van der Waals surface area contributed by atoms with Crippen molar-refractivity contribution in [3.63, 3.8) is 0 Å². The van der Waals surface area contributed by atoms with Gasteiger partial charge in [-0.3, -0.25) is 9.59 Å². The van der Waals surface area contributed by atoms with Crippen molar-refractivity contribution < 1.29 is 23.5 Å². The van der Waals surface area contributed by atoms with Crippen LogP contribution in [0.15, 0.2) is 76.4 Å². The topological polar surface area (TPSA) is 101 Å². The third-order valence-electron chi connectivity index (χ3n) is 5.17. The largest absolute Gasteiger partial charge is 0.467 e. The van der Waals surface area contributed by atoms with Gasteiger partial charge in [-0.1, -0.05) is 35.9 Å². The molecule has 1 unspecified atom stereocenters. The maximum atomic E-state index is 13.0. The fraction of sp³-hybridized carbons (Fsp3) is 0.200.